The highest BCUT2D eigenvalue weighted by molar-refractivity contribution is 4.78. The Kier molecular flexibility index (Phi) is 4.02. The van der Waals surface area contributed by atoms with Gasteiger partial charge in [0.1, 0.15) is 0 Å². The Morgan fingerprint density at radius 2 is 2.17 bits per heavy atom. The molecule has 72 valence electrons. The van der Waals surface area contributed by atoms with Gasteiger partial charge in [-0.2, -0.15) is 0 Å². The van der Waals surface area contributed by atoms with E-state index >= 15 is 0 Å². The fraction of sp³-hybridized carbons (Fsp3) is 1.00. The molecule has 1 saturated heterocycles. The van der Waals surface area contributed by atoms with Gasteiger partial charge in [-0.3, -0.25) is 0 Å². The molecule has 1 aliphatic heterocycles. The normalized spacial score (nSPS) is 32.2. The van der Waals surface area contributed by atoms with E-state index in [4.69, 9.17) is 5.73 Å². The minimum absolute atomic E-state index is 0.769. The van der Waals surface area contributed by atoms with Crippen molar-refractivity contribution in [3.8, 4) is 0 Å². The number of hydrogen-bond donors (Lipinski definition) is 1. The summed E-state index contributed by atoms with van der Waals surface area (Å²) >= 11 is 0. The van der Waals surface area contributed by atoms with Crippen LogP contribution in [0.2, 0.25) is 0 Å². The Morgan fingerprint density at radius 1 is 1.42 bits per heavy atom. The Morgan fingerprint density at radius 3 is 2.83 bits per heavy atom. The highest BCUT2D eigenvalue weighted by Gasteiger charge is 2.23. The highest BCUT2D eigenvalue weighted by atomic mass is 15.2. The van der Waals surface area contributed by atoms with E-state index in [1.807, 2.05) is 0 Å². The zero-order valence-electron chi connectivity index (χ0n) is 8.42. The average Bonchev–Trinajstić information content (AvgIpc) is 2.08. The minimum Gasteiger partial charge on any atom is -0.330 e. The summed E-state index contributed by atoms with van der Waals surface area (Å²) in [6.45, 7) is 8.02. The largest absolute Gasteiger partial charge is 0.330 e. The summed E-state index contributed by atoms with van der Waals surface area (Å²) in [5.41, 5.74) is 5.50. The number of hydrogen-bond acceptors (Lipinski definition) is 2. The molecule has 0 bridgehead atoms. The van der Waals surface area contributed by atoms with Crippen LogP contribution in [0.4, 0.5) is 0 Å². The first-order chi connectivity index (χ1) is 5.75. The van der Waals surface area contributed by atoms with Gasteiger partial charge in [0, 0.05) is 6.04 Å². The second-order valence-electron chi connectivity index (χ2n) is 4.04. The smallest absolute Gasteiger partial charge is 0.00925 e. The van der Waals surface area contributed by atoms with Gasteiger partial charge in [-0.15, -0.1) is 0 Å². The van der Waals surface area contributed by atoms with E-state index in [2.05, 4.69) is 18.7 Å². The maximum absolute atomic E-state index is 5.50. The molecular weight excluding hydrogens is 148 g/mol. The van der Waals surface area contributed by atoms with Crippen molar-refractivity contribution in [2.75, 3.05) is 19.6 Å². The van der Waals surface area contributed by atoms with Crippen molar-refractivity contribution in [1.82, 2.24) is 4.90 Å². The first kappa shape index (κ1) is 10.0. The van der Waals surface area contributed by atoms with Crippen LogP contribution in [0.15, 0.2) is 0 Å². The van der Waals surface area contributed by atoms with Crippen LogP contribution in [0.25, 0.3) is 0 Å². The molecule has 0 amide bonds. The molecule has 0 aromatic heterocycles. The van der Waals surface area contributed by atoms with E-state index in [-0.39, 0.29) is 0 Å². The van der Waals surface area contributed by atoms with Gasteiger partial charge < -0.3 is 10.6 Å². The number of piperidine rings is 1. The molecule has 0 aromatic rings. The second kappa shape index (κ2) is 4.83. The predicted molar refractivity (Wildman–Crippen MR) is 53.1 cm³/mol. The molecule has 2 atom stereocenters. The van der Waals surface area contributed by atoms with E-state index in [1.54, 1.807) is 0 Å². The summed E-state index contributed by atoms with van der Waals surface area (Å²) in [4.78, 5) is 2.58. The molecule has 1 fully saturated rings. The second-order valence-corrected chi connectivity index (χ2v) is 4.04. The van der Waals surface area contributed by atoms with Gasteiger partial charge in [-0.1, -0.05) is 6.92 Å². The summed E-state index contributed by atoms with van der Waals surface area (Å²) in [6.07, 6.45) is 3.92. The summed E-state index contributed by atoms with van der Waals surface area (Å²) in [5, 5.41) is 0. The molecule has 1 rings (SSSR count). The maximum Gasteiger partial charge on any atom is 0.00925 e. The molecule has 1 aliphatic rings. The molecule has 2 N–H and O–H groups in total. The summed E-state index contributed by atoms with van der Waals surface area (Å²) < 4.78 is 0. The topological polar surface area (TPSA) is 29.3 Å². The third-order valence-corrected chi connectivity index (χ3v) is 3.15. The molecule has 0 saturated carbocycles. The zero-order valence-corrected chi connectivity index (χ0v) is 8.42. The van der Waals surface area contributed by atoms with Crippen molar-refractivity contribution in [2.24, 2.45) is 11.7 Å². The van der Waals surface area contributed by atoms with E-state index in [0.29, 0.717) is 0 Å². The van der Waals surface area contributed by atoms with E-state index in [0.717, 1.165) is 24.9 Å². The van der Waals surface area contributed by atoms with Crippen molar-refractivity contribution in [3.05, 3.63) is 0 Å². The van der Waals surface area contributed by atoms with Crippen molar-refractivity contribution in [1.29, 1.82) is 0 Å². The number of nitrogens with zero attached hydrogens (tertiary/aromatic N) is 1. The maximum atomic E-state index is 5.50. The molecule has 0 spiro atoms. The summed E-state index contributed by atoms with van der Waals surface area (Å²) in [7, 11) is 0. The fourth-order valence-electron chi connectivity index (χ4n) is 2.03. The van der Waals surface area contributed by atoms with Crippen LogP contribution in [0, 0.1) is 5.92 Å². The average molecular weight is 170 g/mol. The molecule has 12 heavy (non-hydrogen) atoms. The third kappa shape index (κ3) is 2.46. The van der Waals surface area contributed by atoms with Gasteiger partial charge in [0.25, 0.3) is 0 Å². The van der Waals surface area contributed by atoms with Crippen LogP contribution in [-0.2, 0) is 0 Å². The first-order valence-electron chi connectivity index (χ1n) is 5.20. The Hall–Kier alpha value is -0.0800. The van der Waals surface area contributed by atoms with Crippen LogP contribution in [0.1, 0.15) is 33.1 Å². The molecule has 0 radical (unpaired) electrons. The standard InChI is InChI=1S/C10H22N2/c1-9-5-3-7-12(10(9)2)8-4-6-11/h9-10H,3-8,11H2,1-2H3/t9-,10-/m0/s1. The van der Waals surface area contributed by atoms with Crippen LogP contribution >= 0.6 is 0 Å². The lowest BCUT2D eigenvalue weighted by atomic mass is 9.92. The van der Waals surface area contributed by atoms with Crippen LogP contribution in [0.3, 0.4) is 0 Å². The third-order valence-electron chi connectivity index (χ3n) is 3.15. The molecule has 1 heterocycles. The molecule has 0 unspecified atom stereocenters. The van der Waals surface area contributed by atoms with Crippen molar-refractivity contribution in [2.45, 2.75) is 39.2 Å². The van der Waals surface area contributed by atoms with Crippen molar-refractivity contribution in [3.63, 3.8) is 0 Å². The van der Waals surface area contributed by atoms with Gasteiger partial charge in [-0.25, -0.2) is 0 Å². The Balaban J connectivity index is 2.30. The monoisotopic (exact) mass is 170 g/mol. The van der Waals surface area contributed by atoms with Gasteiger partial charge >= 0.3 is 0 Å². The highest BCUT2D eigenvalue weighted by Crippen LogP contribution is 2.22. The zero-order chi connectivity index (χ0) is 8.97. The first-order valence-corrected chi connectivity index (χ1v) is 5.20. The molecule has 2 nitrogen and oxygen atoms in total. The van der Waals surface area contributed by atoms with Gasteiger partial charge in [-0.05, 0) is 51.7 Å². The van der Waals surface area contributed by atoms with Crippen LogP contribution in [0.5, 0.6) is 0 Å². The van der Waals surface area contributed by atoms with Crippen LogP contribution in [-0.4, -0.2) is 30.6 Å². The van der Waals surface area contributed by atoms with Crippen LogP contribution < -0.4 is 5.73 Å². The fourth-order valence-corrected chi connectivity index (χ4v) is 2.03. The predicted octanol–water partition coefficient (Wildman–Crippen LogP) is 1.46. The van der Waals surface area contributed by atoms with Gasteiger partial charge in [0.05, 0.1) is 0 Å². The number of likely N-dealkylation sites (tertiary alicyclic amines) is 1. The van der Waals surface area contributed by atoms with Gasteiger partial charge in [0.15, 0.2) is 0 Å². The van der Waals surface area contributed by atoms with E-state index in [1.165, 1.54) is 25.9 Å². The van der Waals surface area contributed by atoms with Crippen molar-refractivity contribution >= 4 is 0 Å². The Bertz CT molecular complexity index is 125. The molecular formula is C10H22N2. The quantitative estimate of drug-likeness (QED) is 0.694. The van der Waals surface area contributed by atoms with Gasteiger partial charge in [0.2, 0.25) is 0 Å². The van der Waals surface area contributed by atoms with Crippen molar-refractivity contribution < 1.29 is 0 Å². The summed E-state index contributed by atoms with van der Waals surface area (Å²) in [5.74, 6) is 0.872. The van der Waals surface area contributed by atoms with E-state index in [9.17, 15) is 0 Å². The molecule has 0 aromatic carbocycles. The lowest BCUT2D eigenvalue weighted by Gasteiger charge is -2.37. The number of rotatable bonds is 3. The minimum atomic E-state index is 0.769. The SMILES string of the molecule is C[C@H]1CCCN(CCCN)[C@H]1C. The Labute approximate surface area is 76.1 Å². The van der Waals surface area contributed by atoms with E-state index < -0.39 is 0 Å². The molecule has 2 heteroatoms. The lowest BCUT2D eigenvalue weighted by molar-refractivity contribution is 0.113. The molecule has 0 aliphatic carbocycles. The lowest BCUT2D eigenvalue weighted by Crippen LogP contribution is -2.43. The summed E-state index contributed by atoms with van der Waals surface area (Å²) in [6, 6.07) is 0.769. The number of nitrogens with two attached hydrogens (primary N) is 1.